The molecule has 0 spiro atoms. The number of carbonyl (C=O) groups excluding carboxylic acids is 1. The first-order valence-corrected chi connectivity index (χ1v) is 16.6. The number of likely N-dealkylation sites (tertiary alicyclic amines) is 1. The van der Waals surface area contributed by atoms with Gasteiger partial charge in [-0.1, -0.05) is 31.4 Å². The molecule has 2 aromatic carbocycles. The molecule has 1 aliphatic carbocycles. The van der Waals surface area contributed by atoms with Gasteiger partial charge in [-0.3, -0.25) is 4.79 Å². The normalized spacial score (nSPS) is 19.3. The van der Waals surface area contributed by atoms with Crippen molar-refractivity contribution in [2.24, 2.45) is 0 Å². The second-order valence-electron chi connectivity index (χ2n) is 14.9. The van der Waals surface area contributed by atoms with Gasteiger partial charge in [-0.2, -0.15) is 5.26 Å². The zero-order valence-corrected chi connectivity index (χ0v) is 28.8. The summed E-state index contributed by atoms with van der Waals surface area (Å²) in [6, 6.07) is 14.9. The van der Waals surface area contributed by atoms with Crippen molar-refractivity contribution in [3.8, 4) is 6.07 Å². The zero-order chi connectivity index (χ0) is 34.0. The number of nitrogens with zero attached hydrogens (tertiary/aromatic N) is 5. The van der Waals surface area contributed by atoms with Crippen molar-refractivity contribution in [1.82, 2.24) is 41.5 Å². The molecule has 10 nitrogen and oxygen atoms in total. The van der Waals surface area contributed by atoms with E-state index in [1.165, 1.54) is 5.56 Å². The van der Waals surface area contributed by atoms with Gasteiger partial charge in [0.2, 0.25) is 0 Å². The summed E-state index contributed by atoms with van der Waals surface area (Å²) in [6.07, 6.45) is 4.05. The van der Waals surface area contributed by atoms with Gasteiger partial charge in [0, 0.05) is 41.1 Å². The van der Waals surface area contributed by atoms with Crippen LogP contribution in [0.1, 0.15) is 105 Å². The Morgan fingerprint density at radius 1 is 1.02 bits per heavy atom. The number of hydrogen-bond donors (Lipinski definition) is 4. The lowest BCUT2D eigenvalue weighted by atomic mass is 9.69. The summed E-state index contributed by atoms with van der Waals surface area (Å²) < 4.78 is 0. The number of H-pyrrole nitrogens is 1. The van der Waals surface area contributed by atoms with E-state index in [0.717, 1.165) is 65.9 Å². The fourth-order valence-electron chi connectivity index (χ4n) is 6.99. The molecule has 248 valence electrons. The molecular weight excluding hydrogens is 586 g/mol. The van der Waals surface area contributed by atoms with E-state index >= 15 is 0 Å². The van der Waals surface area contributed by atoms with Gasteiger partial charge in [0.05, 0.1) is 11.5 Å². The van der Waals surface area contributed by atoms with Crippen LogP contribution in [0.3, 0.4) is 0 Å². The number of amides is 1. The van der Waals surface area contributed by atoms with Gasteiger partial charge in [-0.15, -0.1) is 5.10 Å². The lowest BCUT2D eigenvalue weighted by Crippen LogP contribution is -2.41. The molecule has 1 saturated heterocycles. The van der Waals surface area contributed by atoms with Crippen LogP contribution in [0.4, 0.5) is 0 Å². The van der Waals surface area contributed by atoms with Gasteiger partial charge < -0.3 is 20.9 Å². The smallest absolute Gasteiger partial charge is 0.251 e. The number of benzene rings is 2. The van der Waals surface area contributed by atoms with Crippen LogP contribution in [0.5, 0.6) is 0 Å². The monoisotopic (exact) mass is 635 g/mol. The quantitative estimate of drug-likeness (QED) is 0.229. The maximum absolute atomic E-state index is 13.3. The molecule has 1 aliphatic heterocycles. The Balaban J connectivity index is 1.56. The lowest BCUT2D eigenvalue weighted by molar-refractivity contribution is 0.0919. The third-order valence-corrected chi connectivity index (χ3v) is 8.98. The van der Waals surface area contributed by atoms with Gasteiger partial charge in [0.25, 0.3) is 5.91 Å². The number of hydrogen-bond acceptors (Lipinski definition) is 8. The van der Waals surface area contributed by atoms with Gasteiger partial charge in [0.1, 0.15) is 6.04 Å². The first-order valence-electron chi connectivity index (χ1n) is 16.6. The fraction of sp³-hybridized carbons (Fsp3) is 0.486. The SMILES string of the molecule is C=C(NC(C)(C)C)c1ccc2c(c1)CCc1cc(C(=O)NC(C)(C)C)ccc1C2(CCNCC(=C)N1CCCC1C#N)c1nnn[nH]1. The van der Waals surface area contributed by atoms with Crippen molar-refractivity contribution < 1.29 is 4.79 Å². The molecule has 47 heavy (non-hydrogen) atoms. The summed E-state index contributed by atoms with van der Waals surface area (Å²) in [5.41, 5.74) is 6.73. The fourth-order valence-corrected chi connectivity index (χ4v) is 6.99. The lowest BCUT2D eigenvalue weighted by Gasteiger charge is -2.35. The van der Waals surface area contributed by atoms with Crippen molar-refractivity contribution in [2.75, 3.05) is 19.6 Å². The Morgan fingerprint density at radius 2 is 1.66 bits per heavy atom. The molecule has 0 bridgehead atoms. The van der Waals surface area contributed by atoms with Crippen LogP contribution in [-0.2, 0) is 18.3 Å². The molecule has 2 aliphatic rings. The highest BCUT2D eigenvalue weighted by molar-refractivity contribution is 5.95. The van der Waals surface area contributed by atoms with Crippen LogP contribution in [0.2, 0.25) is 0 Å². The molecule has 1 fully saturated rings. The van der Waals surface area contributed by atoms with Crippen molar-refractivity contribution in [2.45, 2.75) is 96.2 Å². The highest BCUT2D eigenvalue weighted by Crippen LogP contribution is 2.46. The van der Waals surface area contributed by atoms with E-state index in [-0.39, 0.29) is 23.0 Å². The standard InChI is InChI=1S/C37H49N9O/c1-24(46-19-9-10-30(46)22-38)23-39-18-17-37(34-42-44-45-43-34)31-15-13-26(25(2)40-35(3,4)5)20-27(31)11-12-28-21-29(14-16-32(28)37)33(47)41-36(6,7)8/h13-16,20-21,30,39-40H,1-2,9-12,17-19,23H2,3-8H3,(H,41,47)(H,42,43,44,45). The van der Waals surface area contributed by atoms with E-state index in [4.69, 9.17) is 0 Å². The molecule has 2 unspecified atom stereocenters. The summed E-state index contributed by atoms with van der Waals surface area (Å²) in [6.45, 7) is 23.0. The average molecular weight is 636 g/mol. The van der Waals surface area contributed by atoms with Crippen LogP contribution in [0, 0.1) is 11.3 Å². The van der Waals surface area contributed by atoms with Gasteiger partial charge in [-0.05, 0) is 137 Å². The molecule has 10 heteroatoms. The van der Waals surface area contributed by atoms with Crippen LogP contribution in [0.25, 0.3) is 5.70 Å². The average Bonchev–Trinajstić information content (AvgIpc) is 3.69. The van der Waals surface area contributed by atoms with E-state index in [2.05, 4.69) is 106 Å². The van der Waals surface area contributed by atoms with Gasteiger partial charge in [-0.25, -0.2) is 5.10 Å². The number of nitrogens with one attached hydrogen (secondary N) is 4. The largest absolute Gasteiger partial charge is 0.380 e. The van der Waals surface area contributed by atoms with Crippen LogP contribution >= 0.6 is 0 Å². The number of rotatable bonds is 10. The van der Waals surface area contributed by atoms with E-state index in [0.29, 0.717) is 30.9 Å². The summed E-state index contributed by atoms with van der Waals surface area (Å²) in [5.74, 6) is 0.552. The topological polar surface area (TPSA) is 135 Å². The number of aryl methyl sites for hydroxylation is 2. The number of fused-ring (bicyclic) bond motifs is 2. The maximum Gasteiger partial charge on any atom is 0.251 e. The molecule has 1 amide bonds. The van der Waals surface area contributed by atoms with Gasteiger partial charge >= 0.3 is 0 Å². The van der Waals surface area contributed by atoms with Crippen molar-refractivity contribution in [3.05, 3.63) is 94.5 Å². The Kier molecular flexibility index (Phi) is 9.60. The van der Waals surface area contributed by atoms with E-state index in [1.54, 1.807) is 0 Å². The minimum absolute atomic E-state index is 0.0985. The number of nitriles is 1. The Bertz CT molecular complexity index is 1590. The summed E-state index contributed by atoms with van der Waals surface area (Å²) in [7, 11) is 0. The number of tetrazole rings is 1. The van der Waals surface area contributed by atoms with Crippen molar-refractivity contribution >= 4 is 11.6 Å². The van der Waals surface area contributed by atoms with Crippen molar-refractivity contribution in [1.29, 1.82) is 5.26 Å². The summed E-state index contributed by atoms with van der Waals surface area (Å²) in [4.78, 5) is 15.4. The molecule has 3 aromatic rings. The Morgan fingerprint density at radius 3 is 2.26 bits per heavy atom. The summed E-state index contributed by atoms with van der Waals surface area (Å²) in [5, 5.41) is 35.6. The predicted octanol–water partition coefficient (Wildman–Crippen LogP) is 5.00. The molecule has 4 N–H and O–H groups in total. The highest BCUT2D eigenvalue weighted by atomic mass is 16.1. The Labute approximate surface area is 279 Å². The molecule has 1 aromatic heterocycles. The molecular formula is C37H49N9O. The van der Waals surface area contributed by atoms with E-state index in [9.17, 15) is 10.1 Å². The highest BCUT2D eigenvalue weighted by Gasteiger charge is 2.44. The maximum atomic E-state index is 13.3. The van der Waals surface area contributed by atoms with Crippen molar-refractivity contribution in [3.63, 3.8) is 0 Å². The Hall–Kier alpha value is -4.49. The van der Waals surface area contributed by atoms with Gasteiger partial charge in [0.15, 0.2) is 5.82 Å². The third kappa shape index (κ3) is 7.41. The van der Waals surface area contributed by atoms with E-state index in [1.807, 2.05) is 32.9 Å². The summed E-state index contributed by atoms with van der Waals surface area (Å²) >= 11 is 0. The molecule has 2 atom stereocenters. The van der Waals surface area contributed by atoms with E-state index < -0.39 is 5.41 Å². The number of aromatic amines is 1. The van der Waals surface area contributed by atoms with Crippen LogP contribution in [-0.4, -0.2) is 68.2 Å². The minimum atomic E-state index is -0.724. The third-order valence-electron chi connectivity index (χ3n) is 8.98. The second kappa shape index (κ2) is 13.3. The first-order chi connectivity index (χ1) is 22.2. The molecule has 0 saturated carbocycles. The first kappa shape index (κ1) is 33.9. The predicted molar refractivity (Wildman–Crippen MR) is 185 cm³/mol. The molecule has 5 rings (SSSR count). The second-order valence-corrected chi connectivity index (χ2v) is 14.9. The zero-order valence-electron chi connectivity index (χ0n) is 28.8. The molecule has 2 heterocycles. The number of carbonyl (C=O) groups is 1. The minimum Gasteiger partial charge on any atom is -0.380 e. The molecule has 0 radical (unpaired) electrons. The van der Waals surface area contributed by atoms with Crippen LogP contribution in [0.15, 0.2) is 55.3 Å². The van der Waals surface area contributed by atoms with Crippen LogP contribution < -0.4 is 16.0 Å². The number of aromatic nitrogens is 4.